The van der Waals surface area contributed by atoms with Crippen LogP contribution >= 0.6 is 0 Å². The molecule has 1 N–H and O–H groups in total. The van der Waals surface area contributed by atoms with Crippen LogP contribution in [0.2, 0.25) is 0 Å². The monoisotopic (exact) mass is 422 g/mol. The van der Waals surface area contributed by atoms with E-state index >= 15 is 0 Å². The number of anilines is 1. The third kappa shape index (κ3) is 4.94. The Kier molecular flexibility index (Phi) is 6.32. The number of rotatable bonds is 6. The van der Waals surface area contributed by atoms with E-state index in [-0.39, 0.29) is 17.5 Å². The Morgan fingerprint density at radius 3 is 2.71 bits per heavy atom. The highest BCUT2D eigenvalue weighted by Crippen LogP contribution is 2.27. The van der Waals surface area contributed by atoms with E-state index in [4.69, 9.17) is 4.74 Å². The fourth-order valence-electron chi connectivity index (χ4n) is 4.14. The third-order valence-corrected chi connectivity index (χ3v) is 5.77. The van der Waals surface area contributed by atoms with Crippen molar-refractivity contribution >= 4 is 11.7 Å². The Morgan fingerprint density at radius 2 is 2.00 bits per heavy atom. The van der Waals surface area contributed by atoms with Gasteiger partial charge in [0.05, 0.1) is 19.3 Å². The molecular formula is C24H27FN4O2. The summed E-state index contributed by atoms with van der Waals surface area (Å²) < 4.78 is 20.6. The van der Waals surface area contributed by atoms with Gasteiger partial charge in [-0.15, -0.1) is 0 Å². The number of halogens is 1. The predicted octanol–water partition coefficient (Wildman–Crippen LogP) is 4.43. The van der Waals surface area contributed by atoms with E-state index in [0.717, 1.165) is 43.8 Å². The molecule has 1 fully saturated rings. The zero-order chi connectivity index (χ0) is 21.8. The topological polar surface area (TPSA) is 59.4 Å². The van der Waals surface area contributed by atoms with E-state index in [1.54, 1.807) is 25.4 Å². The molecule has 0 bridgehead atoms. The van der Waals surface area contributed by atoms with Crippen LogP contribution in [0.5, 0.6) is 5.75 Å². The molecular weight excluding hydrogens is 395 g/mol. The van der Waals surface area contributed by atoms with E-state index in [0.29, 0.717) is 5.82 Å². The molecule has 1 aliphatic rings. The predicted molar refractivity (Wildman–Crippen MR) is 118 cm³/mol. The van der Waals surface area contributed by atoms with Crippen LogP contribution in [-0.4, -0.2) is 40.8 Å². The van der Waals surface area contributed by atoms with Gasteiger partial charge in [0.25, 0.3) is 5.91 Å². The lowest BCUT2D eigenvalue weighted by molar-refractivity contribution is 0.102. The van der Waals surface area contributed by atoms with Crippen molar-refractivity contribution in [3.8, 4) is 5.75 Å². The molecule has 1 saturated heterocycles. The Labute approximate surface area is 181 Å². The first-order chi connectivity index (χ1) is 15.0. The van der Waals surface area contributed by atoms with Crippen molar-refractivity contribution in [2.75, 3.05) is 25.5 Å². The number of amides is 1. The minimum Gasteiger partial charge on any atom is -0.496 e. The number of ether oxygens (including phenoxy) is 1. The first kappa shape index (κ1) is 21.1. The van der Waals surface area contributed by atoms with Crippen molar-refractivity contribution in [2.45, 2.75) is 32.4 Å². The fraction of sp³-hybridized carbons (Fsp3) is 0.333. The number of aromatic nitrogens is 2. The van der Waals surface area contributed by atoms with Crippen molar-refractivity contribution in [2.24, 2.45) is 0 Å². The minimum atomic E-state index is -0.430. The molecule has 1 amide bonds. The van der Waals surface area contributed by atoms with Crippen molar-refractivity contribution in [1.29, 1.82) is 0 Å². The highest BCUT2D eigenvalue weighted by Gasteiger charge is 2.23. The maximum absolute atomic E-state index is 13.4. The molecule has 3 aromatic rings. The largest absolute Gasteiger partial charge is 0.496 e. The standard InChI is InChI=1S/C24H27FN4O2/c1-17-14-18(6-7-22(17)31-2)16-28-12-9-21(10-13-28)29-23(8-11-26-29)27-24(30)19-4-3-5-20(25)15-19/h3-8,11,14-15,21H,9-10,12-13,16H2,1-2H3,(H,27,30). The number of aryl methyl sites for hydroxylation is 1. The van der Waals surface area contributed by atoms with Gasteiger partial charge in [-0.2, -0.15) is 5.10 Å². The number of carbonyl (C=O) groups is 1. The number of benzene rings is 2. The number of nitrogens with one attached hydrogen (secondary N) is 1. The van der Waals surface area contributed by atoms with Gasteiger partial charge in [-0.1, -0.05) is 18.2 Å². The van der Waals surface area contributed by atoms with Crippen LogP contribution in [0.15, 0.2) is 54.7 Å². The average molecular weight is 423 g/mol. The summed E-state index contributed by atoms with van der Waals surface area (Å²) in [6, 6.07) is 14.0. The zero-order valence-corrected chi connectivity index (χ0v) is 17.8. The second kappa shape index (κ2) is 9.31. The first-order valence-corrected chi connectivity index (χ1v) is 10.5. The molecule has 7 heteroatoms. The average Bonchev–Trinajstić information content (AvgIpc) is 3.22. The quantitative estimate of drug-likeness (QED) is 0.639. The highest BCUT2D eigenvalue weighted by atomic mass is 19.1. The molecule has 0 saturated carbocycles. The lowest BCUT2D eigenvalue weighted by atomic mass is 10.0. The van der Waals surface area contributed by atoms with Crippen molar-refractivity contribution in [1.82, 2.24) is 14.7 Å². The Hall–Kier alpha value is -3.19. The van der Waals surface area contributed by atoms with Crippen LogP contribution in [0, 0.1) is 12.7 Å². The van der Waals surface area contributed by atoms with Gasteiger partial charge < -0.3 is 10.1 Å². The summed E-state index contributed by atoms with van der Waals surface area (Å²) >= 11 is 0. The first-order valence-electron chi connectivity index (χ1n) is 10.5. The Morgan fingerprint density at radius 1 is 1.19 bits per heavy atom. The second-order valence-corrected chi connectivity index (χ2v) is 7.94. The normalized spacial score (nSPS) is 15.1. The maximum atomic E-state index is 13.4. The number of piperidine rings is 1. The second-order valence-electron chi connectivity index (χ2n) is 7.94. The molecule has 0 atom stereocenters. The zero-order valence-electron chi connectivity index (χ0n) is 17.8. The van der Waals surface area contributed by atoms with E-state index in [1.165, 1.54) is 23.8 Å². The molecule has 2 heterocycles. The fourth-order valence-corrected chi connectivity index (χ4v) is 4.14. The van der Waals surface area contributed by atoms with E-state index in [1.807, 2.05) is 10.7 Å². The van der Waals surface area contributed by atoms with E-state index < -0.39 is 5.82 Å². The van der Waals surface area contributed by atoms with Gasteiger partial charge in [0.1, 0.15) is 17.4 Å². The maximum Gasteiger partial charge on any atom is 0.256 e. The van der Waals surface area contributed by atoms with E-state index in [9.17, 15) is 9.18 Å². The molecule has 0 spiro atoms. The number of hydrogen-bond donors (Lipinski definition) is 1. The van der Waals surface area contributed by atoms with Crippen molar-refractivity contribution in [3.05, 3.63) is 77.2 Å². The molecule has 0 radical (unpaired) electrons. The summed E-state index contributed by atoms with van der Waals surface area (Å²) in [4.78, 5) is 14.9. The number of methoxy groups -OCH3 is 1. The number of hydrogen-bond acceptors (Lipinski definition) is 4. The number of carbonyl (C=O) groups excluding carboxylic acids is 1. The lowest BCUT2D eigenvalue weighted by Gasteiger charge is -2.32. The number of nitrogens with zero attached hydrogens (tertiary/aromatic N) is 3. The van der Waals surface area contributed by atoms with Crippen LogP contribution in [-0.2, 0) is 6.54 Å². The molecule has 162 valence electrons. The molecule has 4 rings (SSSR count). The van der Waals surface area contributed by atoms with Crippen molar-refractivity contribution < 1.29 is 13.9 Å². The highest BCUT2D eigenvalue weighted by molar-refractivity contribution is 6.03. The van der Waals surface area contributed by atoms with Crippen LogP contribution in [0.25, 0.3) is 0 Å². The molecule has 31 heavy (non-hydrogen) atoms. The molecule has 0 unspecified atom stereocenters. The summed E-state index contributed by atoms with van der Waals surface area (Å²) in [6.07, 6.45) is 3.58. The molecule has 1 aromatic heterocycles. The van der Waals surface area contributed by atoms with Gasteiger partial charge >= 0.3 is 0 Å². The van der Waals surface area contributed by atoms with Gasteiger partial charge in [-0.05, 0) is 55.2 Å². The van der Waals surface area contributed by atoms with Gasteiger partial charge in [0.15, 0.2) is 0 Å². The lowest BCUT2D eigenvalue weighted by Crippen LogP contribution is -2.35. The van der Waals surface area contributed by atoms with Gasteiger partial charge in [-0.25, -0.2) is 9.07 Å². The molecule has 0 aliphatic carbocycles. The van der Waals surface area contributed by atoms with Crippen molar-refractivity contribution in [3.63, 3.8) is 0 Å². The van der Waals surface area contributed by atoms with Gasteiger partial charge in [-0.3, -0.25) is 9.69 Å². The molecule has 2 aromatic carbocycles. The van der Waals surface area contributed by atoms with Crippen LogP contribution in [0.1, 0.15) is 40.4 Å². The Bertz CT molecular complexity index is 1060. The summed E-state index contributed by atoms with van der Waals surface area (Å²) in [5.74, 6) is 0.779. The third-order valence-electron chi connectivity index (χ3n) is 5.77. The van der Waals surface area contributed by atoms with Crippen LogP contribution in [0.4, 0.5) is 10.2 Å². The summed E-state index contributed by atoms with van der Waals surface area (Å²) in [5, 5.41) is 7.31. The van der Waals surface area contributed by atoms with Gasteiger partial charge in [0.2, 0.25) is 0 Å². The smallest absolute Gasteiger partial charge is 0.256 e. The summed E-state index contributed by atoms with van der Waals surface area (Å²) in [5.41, 5.74) is 2.71. The van der Waals surface area contributed by atoms with E-state index in [2.05, 4.69) is 34.4 Å². The van der Waals surface area contributed by atoms with Gasteiger partial charge in [0, 0.05) is 31.3 Å². The summed E-state index contributed by atoms with van der Waals surface area (Å²) in [6.45, 7) is 4.87. The molecule has 1 aliphatic heterocycles. The SMILES string of the molecule is COc1ccc(CN2CCC(n3nccc3NC(=O)c3cccc(F)c3)CC2)cc1C. The number of likely N-dealkylation sites (tertiary alicyclic amines) is 1. The molecule has 6 nitrogen and oxygen atoms in total. The summed E-state index contributed by atoms with van der Waals surface area (Å²) in [7, 11) is 1.69. The van der Waals surface area contributed by atoms with Crippen LogP contribution < -0.4 is 10.1 Å². The van der Waals surface area contributed by atoms with Crippen LogP contribution in [0.3, 0.4) is 0 Å². The minimum absolute atomic E-state index is 0.215. The Balaban J connectivity index is 1.36.